The molecule has 1 nitrogen and oxygen atoms in total. The third kappa shape index (κ3) is 6.69. The molecule has 1 unspecified atom stereocenters. The van der Waals surface area contributed by atoms with Crippen LogP contribution in [-0.2, 0) is 0 Å². The summed E-state index contributed by atoms with van der Waals surface area (Å²) in [5.41, 5.74) is 0. The minimum absolute atomic E-state index is 0.738. The molecular formula is C10H23NS2. The van der Waals surface area contributed by atoms with Crippen molar-refractivity contribution in [2.24, 2.45) is 0 Å². The van der Waals surface area contributed by atoms with E-state index in [1.165, 1.54) is 31.0 Å². The Morgan fingerprint density at radius 1 is 1.23 bits per heavy atom. The van der Waals surface area contributed by atoms with Crippen LogP contribution < -0.4 is 0 Å². The first-order chi connectivity index (χ1) is 6.26. The second kappa shape index (κ2) is 9.22. The minimum Gasteiger partial charge on any atom is -0.301 e. The van der Waals surface area contributed by atoms with Crippen LogP contribution in [0.1, 0.15) is 27.2 Å². The van der Waals surface area contributed by atoms with Gasteiger partial charge in [-0.1, -0.05) is 13.8 Å². The van der Waals surface area contributed by atoms with Gasteiger partial charge in [0.05, 0.1) is 0 Å². The van der Waals surface area contributed by atoms with Gasteiger partial charge in [0.15, 0.2) is 0 Å². The molecule has 3 heteroatoms. The Labute approximate surface area is 93.1 Å². The van der Waals surface area contributed by atoms with Crippen LogP contribution in [0.4, 0.5) is 0 Å². The first-order valence-corrected chi connectivity index (χ1v) is 6.97. The molecule has 0 saturated heterocycles. The minimum atomic E-state index is 0.738. The molecule has 0 aliphatic heterocycles. The summed E-state index contributed by atoms with van der Waals surface area (Å²) in [6.45, 7) is 9.15. The molecule has 0 bridgehead atoms. The molecule has 0 aromatic rings. The number of thioether (sulfide) groups is 1. The van der Waals surface area contributed by atoms with Gasteiger partial charge in [0.1, 0.15) is 0 Å². The number of hydrogen-bond acceptors (Lipinski definition) is 3. The molecule has 13 heavy (non-hydrogen) atoms. The van der Waals surface area contributed by atoms with E-state index in [4.69, 9.17) is 0 Å². The second-order valence-corrected chi connectivity index (χ2v) is 4.87. The maximum absolute atomic E-state index is 4.19. The molecule has 0 aromatic carbocycles. The van der Waals surface area contributed by atoms with Gasteiger partial charge in [0.2, 0.25) is 0 Å². The smallest absolute Gasteiger partial charge is 0.00745 e. The molecule has 0 radical (unpaired) electrons. The predicted molar refractivity (Wildman–Crippen MR) is 68.2 cm³/mol. The van der Waals surface area contributed by atoms with E-state index in [9.17, 15) is 0 Å². The fraction of sp³-hybridized carbons (Fsp3) is 1.00. The van der Waals surface area contributed by atoms with Gasteiger partial charge >= 0.3 is 0 Å². The zero-order valence-electron chi connectivity index (χ0n) is 9.12. The molecular weight excluding hydrogens is 198 g/mol. The highest BCUT2D eigenvalue weighted by atomic mass is 32.2. The SMILES string of the molecule is CCN(CC)C(C)CCSCCS. The molecule has 0 aliphatic carbocycles. The van der Waals surface area contributed by atoms with E-state index >= 15 is 0 Å². The molecule has 0 saturated carbocycles. The summed E-state index contributed by atoms with van der Waals surface area (Å²) in [5.74, 6) is 3.47. The van der Waals surface area contributed by atoms with Gasteiger partial charge in [-0.15, -0.1) is 0 Å². The van der Waals surface area contributed by atoms with Gasteiger partial charge < -0.3 is 4.90 Å². The fourth-order valence-corrected chi connectivity index (χ4v) is 2.68. The number of thiol groups is 1. The van der Waals surface area contributed by atoms with Gasteiger partial charge in [0, 0.05) is 11.8 Å². The third-order valence-corrected chi connectivity index (χ3v) is 3.89. The van der Waals surface area contributed by atoms with Crippen molar-refractivity contribution >= 4 is 24.4 Å². The zero-order valence-corrected chi connectivity index (χ0v) is 10.8. The molecule has 0 aliphatic rings. The van der Waals surface area contributed by atoms with Crippen LogP contribution in [0.3, 0.4) is 0 Å². The van der Waals surface area contributed by atoms with Gasteiger partial charge in [0.25, 0.3) is 0 Å². The third-order valence-electron chi connectivity index (χ3n) is 2.35. The van der Waals surface area contributed by atoms with Gasteiger partial charge in [-0.3, -0.25) is 0 Å². The van der Waals surface area contributed by atoms with Crippen LogP contribution in [-0.4, -0.2) is 41.3 Å². The lowest BCUT2D eigenvalue weighted by Crippen LogP contribution is -2.33. The molecule has 0 N–H and O–H groups in total. The molecule has 0 amide bonds. The van der Waals surface area contributed by atoms with Crippen molar-refractivity contribution in [2.45, 2.75) is 33.2 Å². The summed E-state index contributed by atoms with van der Waals surface area (Å²) in [5, 5.41) is 0. The van der Waals surface area contributed by atoms with Crippen molar-refractivity contribution in [3.05, 3.63) is 0 Å². The van der Waals surface area contributed by atoms with Gasteiger partial charge in [-0.05, 0) is 37.9 Å². The lowest BCUT2D eigenvalue weighted by molar-refractivity contribution is 0.227. The van der Waals surface area contributed by atoms with Crippen molar-refractivity contribution in [2.75, 3.05) is 30.3 Å². The van der Waals surface area contributed by atoms with Gasteiger partial charge in [-0.25, -0.2) is 0 Å². The summed E-state index contributed by atoms with van der Waals surface area (Å²) in [4.78, 5) is 2.52. The lowest BCUT2D eigenvalue weighted by atomic mass is 10.2. The number of rotatable bonds is 8. The average molecular weight is 221 g/mol. The van der Waals surface area contributed by atoms with E-state index < -0.39 is 0 Å². The topological polar surface area (TPSA) is 3.24 Å². The molecule has 0 spiro atoms. The zero-order chi connectivity index (χ0) is 10.1. The highest BCUT2D eigenvalue weighted by molar-refractivity contribution is 7.99. The normalized spacial score (nSPS) is 13.6. The highest BCUT2D eigenvalue weighted by Crippen LogP contribution is 2.09. The molecule has 0 heterocycles. The Kier molecular flexibility index (Phi) is 9.69. The predicted octanol–water partition coefficient (Wildman–Crippen LogP) is 2.77. The average Bonchev–Trinajstić information content (AvgIpc) is 2.14. The highest BCUT2D eigenvalue weighted by Gasteiger charge is 2.08. The standard InChI is InChI=1S/C10H23NS2/c1-4-11(5-2)10(3)6-8-13-9-7-12/h10,12H,4-9H2,1-3H3. The number of nitrogens with zero attached hydrogens (tertiary/aromatic N) is 1. The van der Waals surface area contributed by atoms with E-state index in [1.807, 2.05) is 11.8 Å². The fourth-order valence-electron chi connectivity index (χ4n) is 1.45. The lowest BCUT2D eigenvalue weighted by Gasteiger charge is -2.26. The van der Waals surface area contributed by atoms with Crippen LogP contribution in [0, 0.1) is 0 Å². The van der Waals surface area contributed by atoms with E-state index in [1.54, 1.807) is 0 Å². The quantitative estimate of drug-likeness (QED) is 0.496. The van der Waals surface area contributed by atoms with E-state index in [-0.39, 0.29) is 0 Å². The Balaban J connectivity index is 3.42. The summed E-state index contributed by atoms with van der Waals surface area (Å²) >= 11 is 6.21. The molecule has 0 rings (SSSR count). The summed E-state index contributed by atoms with van der Waals surface area (Å²) in [6, 6.07) is 0.738. The van der Waals surface area contributed by atoms with Crippen molar-refractivity contribution in [1.82, 2.24) is 4.90 Å². The van der Waals surface area contributed by atoms with Crippen LogP contribution in [0.25, 0.3) is 0 Å². The van der Waals surface area contributed by atoms with Crippen molar-refractivity contribution in [1.29, 1.82) is 0 Å². The summed E-state index contributed by atoms with van der Waals surface area (Å²) in [6.07, 6.45) is 1.31. The monoisotopic (exact) mass is 221 g/mol. The van der Waals surface area contributed by atoms with E-state index in [0.717, 1.165) is 11.8 Å². The van der Waals surface area contributed by atoms with Crippen molar-refractivity contribution < 1.29 is 0 Å². The molecule has 80 valence electrons. The first-order valence-electron chi connectivity index (χ1n) is 5.18. The Morgan fingerprint density at radius 3 is 2.31 bits per heavy atom. The van der Waals surface area contributed by atoms with Crippen LogP contribution >= 0.6 is 24.4 Å². The van der Waals surface area contributed by atoms with E-state index in [2.05, 4.69) is 38.3 Å². The number of hydrogen-bond donors (Lipinski definition) is 1. The largest absolute Gasteiger partial charge is 0.301 e. The van der Waals surface area contributed by atoms with Crippen molar-refractivity contribution in [3.8, 4) is 0 Å². The summed E-state index contributed by atoms with van der Waals surface area (Å²) < 4.78 is 0. The second-order valence-electron chi connectivity index (χ2n) is 3.19. The Hall–Kier alpha value is 0.660. The van der Waals surface area contributed by atoms with Crippen LogP contribution in [0.5, 0.6) is 0 Å². The maximum atomic E-state index is 4.19. The van der Waals surface area contributed by atoms with Crippen molar-refractivity contribution in [3.63, 3.8) is 0 Å². The molecule has 0 aromatic heterocycles. The first kappa shape index (κ1) is 13.7. The Morgan fingerprint density at radius 2 is 1.85 bits per heavy atom. The van der Waals surface area contributed by atoms with Crippen LogP contribution in [0.2, 0.25) is 0 Å². The van der Waals surface area contributed by atoms with Gasteiger partial charge in [-0.2, -0.15) is 24.4 Å². The summed E-state index contributed by atoms with van der Waals surface area (Å²) in [7, 11) is 0. The van der Waals surface area contributed by atoms with E-state index in [0.29, 0.717) is 0 Å². The Bertz CT molecular complexity index is 105. The molecule has 0 fully saturated rings. The maximum Gasteiger partial charge on any atom is 0.00745 e. The van der Waals surface area contributed by atoms with Crippen LogP contribution in [0.15, 0.2) is 0 Å². The molecule has 1 atom stereocenters.